The van der Waals surface area contributed by atoms with Crippen LogP contribution in [0.4, 0.5) is 0 Å². The SMILES string of the molecule is Cc1csc(CCCc2ccccc2)c1OCC(O)CNCC(C)C.Cl. The van der Waals surface area contributed by atoms with Gasteiger partial charge in [0.25, 0.3) is 0 Å². The van der Waals surface area contributed by atoms with Gasteiger partial charge in [-0.3, -0.25) is 0 Å². The van der Waals surface area contributed by atoms with Gasteiger partial charge in [-0.25, -0.2) is 0 Å². The molecule has 1 unspecified atom stereocenters. The molecule has 1 aromatic carbocycles. The molecule has 1 atom stereocenters. The summed E-state index contributed by atoms with van der Waals surface area (Å²) in [4.78, 5) is 1.29. The normalized spacial score (nSPS) is 12.0. The van der Waals surface area contributed by atoms with Gasteiger partial charge in [0.2, 0.25) is 0 Å². The third-order valence-corrected chi connectivity index (χ3v) is 5.20. The maximum atomic E-state index is 10.1. The van der Waals surface area contributed by atoms with E-state index in [1.165, 1.54) is 16.0 Å². The summed E-state index contributed by atoms with van der Waals surface area (Å²) in [7, 11) is 0. The van der Waals surface area contributed by atoms with Crippen LogP contribution in [0, 0.1) is 12.8 Å². The molecule has 2 N–H and O–H groups in total. The number of hydrogen-bond donors (Lipinski definition) is 2. The minimum Gasteiger partial charge on any atom is -0.489 e. The van der Waals surface area contributed by atoms with E-state index in [4.69, 9.17) is 4.74 Å². The Balaban J connectivity index is 0.00000338. The van der Waals surface area contributed by atoms with Gasteiger partial charge in [-0.15, -0.1) is 23.7 Å². The summed E-state index contributed by atoms with van der Waals surface area (Å²) >= 11 is 1.76. The van der Waals surface area contributed by atoms with Gasteiger partial charge in [0.15, 0.2) is 0 Å². The van der Waals surface area contributed by atoms with E-state index < -0.39 is 6.10 Å². The van der Waals surface area contributed by atoms with E-state index in [2.05, 4.69) is 61.8 Å². The van der Waals surface area contributed by atoms with E-state index in [9.17, 15) is 5.11 Å². The van der Waals surface area contributed by atoms with Crippen LogP contribution in [0.2, 0.25) is 0 Å². The number of hydrogen-bond acceptors (Lipinski definition) is 4. The Morgan fingerprint density at radius 1 is 1.12 bits per heavy atom. The third-order valence-electron chi connectivity index (χ3n) is 4.05. The van der Waals surface area contributed by atoms with E-state index in [0.717, 1.165) is 31.6 Å². The molecule has 146 valence electrons. The average Bonchev–Trinajstić information content (AvgIpc) is 2.94. The highest BCUT2D eigenvalue weighted by Gasteiger charge is 2.13. The predicted molar refractivity (Wildman–Crippen MR) is 114 cm³/mol. The fourth-order valence-electron chi connectivity index (χ4n) is 2.73. The van der Waals surface area contributed by atoms with Crippen LogP contribution in [0.1, 0.15) is 36.3 Å². The number of halogens is 1. The molecule has 0 amide bonds. The van der Waals surface area contributed by atoms with Crippen LogP contribution in [-0.4, -0.2) is 30.9 Å². The van der Waals surface area contributed by atoms with Gasteiger partial charge >= 0.3 is 0 Å². The largest absolute Gasteiger partial charge is 0.489 e. The van der Waals surface area contributed by atoms with Gasteiger partial charge in [-0.1, -0.05) is 44.2 Å². The van der Waals surface area contributed by atoms with E-state index in [0.29, 0.717) is 19.1 Å². The average molecular weight is 398 g/mol. The molecule has 26 heavy (non-hydrogen) atoms. The molecular formula is C21H32ClNO2S. The lowest BCUT2D eigenvalue weighted by Crippen LogP contribution is -2.33. The number of aliphatic hydroxyl groups excluding tert-OH is 1. The van der Waals surface area contributed by atoms with Crippen molar-refractivity contribution in [1.82, 2.24) is 5.32 Å². The molecule has 2 aromatic rings. The minimum absolute atomic E-state index is 0. The topological polar surface area (TPSA) is 41.5 Å². The van der Waals surface area contributed by atoms with Crippen molar-refractivity contribution in [2.45, 2.75) is 46.1 Å². The van der Waals surface area contributed by atoms with Crippen LogP contribution in [0.3, 0.4) is 0 Å². The van der Waals surface area contributed by atoms with Crippen LogP contribution >= 0.6 is 23.7 Å². The first-order chi connectivity index (χ1) is 12.1. The number of nitrogens with one attached hydrogen (secondary N) is 1. The highest BCUT2D eigenvalue weighted by molar-refractivity contribution is 7.10. The van der Waals surface area contributed by atoms with Crippen molar-refractivity contribution in [2.75, 3.05) is 19.7 Å². The molecule has 0 fully saturated rings. The monoisotopic (exact) mass is 397 g/mol. The fraction of sp³-hybridized carbons (Fsp3) is 0.524. The molecule has 1 heterocycles. The van der Waals surface area contributed by atoms with Crippen molar-refractivity contribution in [3.8, 4) is 5.75 Å². The van der Waals surface area contributed by atoms with Gasteiger partial charge in [0.1, 0.15) is 18.5 Å². The van der Waals surface area contributed by atoms with Crippen molar-refractivity contribution in [3.05, 3.63) is 51.7 Å². The van der Waals surface area contributed by atoms with Gasteiger partial charge in [0.05, 0.1) is 0 Å². The first-order valence-electron chi connectivity index (χ1n) is 9.18. The lowest BCUT2D eigenvalue weighted by Gasteiger charge is -2.15. The Hall–Kier alpha value is -1.07. The standard InChI is InChI=1S/C21H31NO2S.ClH/c1-16(2)12-22-13-19(23)14-24-21-17(3)15-25-20(21)11-7-10-18-8-5-4-6-9-18;/h4-6,8-9,15-16,19,22-23H,7,10-14H2,1-3H3;1H. The van der Waals surface area contributed by atoms with E-state index in [1.54, 1.807) is 11.3 Å². The Labute approximate surface area is 168 Å². The van der Waals surface area contributed by atoms with Gasteiger partial charge < -0.3 is 15.2 Å². The first-order valence-corrected chi connectivity index (χ1v) is 10.1. The second kappa shape index (κ2) is 12.3. The summed E-state index contributed by atoms with van der Waals surface area (Å²) in [6.45, 7) is 8.23. The number of aliphatic hydroxyl groups is 1. The summed E-state index contributed by atoms with van der Waals surface area (Å²) in [5, 5.41) is 15.5. The molecule has 0 aliphatic carbocycles. The Kier molecular flexibility index (Phi) is 10.9. The van der Waals surface area contributed by atoms with Gasteiger partial charge in [0, 0.05) is 17.0 Å². The Morgan fingerprint density at radius 2 is 1.85 bits per heavy atom. The van der Waals surface area contributed by atoms with Crippen LogP contribution < -0.4 is 10.1 Å². The zero-order valence-corrected chi connectivity index (χ0v) is 17.7. The summed E-state index contributed by atoms with van der Waals surface area (Å²) in [6, 6.07) is 10.6. The number of benzene rings is 1. The maximum absolute atomic E-state index is 10.1. The molecule has 0 radical (unpaired) electrons. The maximum Gasteiger partial charge on any atom is 0.136 e. The number of ether oxygens (including phenoxy) is 1. The predicted octanol–water partition coefficient (Wildman–Crippen LogP) is 4.64. The van der Waals surface area contributed by atoms with Crippen molar-refractivity contribution in [2.24, 2.45) is 5.92 Å². The van der Waals surface area contributed by atoms with E-state index in [-0.39, 0.29) is 12.4 Å². The molecular weight excluding hydrogens is 366 g/mol. The lowest BCUT2D eigenvalue weighted by atomic mass is 10.1. The second-order valence-electron chi connectivity index (χ2n) is 7.03. The molecule has 1 aromatic heterocycles. The summed E-state index contributed by atoms with van der Waals surface area (Å²) in [5.41, 5.74) is 2.55. The Bertz CT molecular complexity index is 616. The van der Waals surface area contributed by atoms with Crippen LogP contribution in [0.25, 0.3) is 0 Å². The van der Waals surface area contributed by atoms with E-state index >= 15 is 0 Å². The second-order valence-corrected chi connectivity index (χ2v) is 7.99. The van der Waals surface area contributed by atoms with Crippen molar-refractivity contribution in [3.63, 3.8) is 0 Å². The van der Waals surface area contributed by atoms with Gasteiger partial charge in [-0.05, 0) is 49.6 Å². The van der Waals surface area contributed by atoms with Crippen LogP contribution in [-0.2, 0) is 12.8 Å². The summed E-state index contributed by atoms with van der Waals surface area (Å²) < 4.78 is 5.95. The summed E-state index contributed by atoms with van der Waals surface area (Å²) in [6.07, 6.45) is 2.73. The van der Waals surface area contributed by atoms with Crippen molar-refractivity contribution in [1.29, 1.82) is 0 Å². The zero-order valence-electron chi connectivity index (χ0n) is 16.0. The number of thiophene rings is 1. The molecule has 0 aliphatic heterocycles. The van der Waals surface area contributed by atoms with Gasteiger partial charge in [-0.2, -0.15) is 0 Å². The third kappa shape index (κ3) is 8.09. The number of rotatable bonds is 11. The molecule has 0 aliphatic rings. The lowest BCUT2D eigenvalue weighted by molar-refractivity contribution is 0.105. The van der Waals surface area contributed by atoms with E-state index in [1.807, 2.05) is 0 Å². The molecule has 2 rings (SSSR count). The zero-order chi connectivity index (χ0) is 18.1. The highest BCUT2D eigenvalue weighted by Crippen LogP contribution is 2.31. The molecule has 3 nitrogen and oxygen atoms in total. The summed E-state index contributed by atoms with van der Waals surface area (Å²) in [5.74, 6) is 1.56. The quantitative estimate of drug-likeness (QED) is 0.580. The Morgan fingerprint density at radius 3 is 2.54 bits per heavy atom. The number of aryl methyl sites for hydroxylation is 3. The van der Waals surface area contributed by atoms with Crippen molar-refractivity contribution >= 4 is 23.7 Å². The van der Waals surface area contributed by atoms with Crippen LogP contribution in [0.15, 0.2) is 35.7 Å². The fourth-order valence-corrected chi connectivity index (χ4v) is 3.74. The molecule has 0 saturated heterocycles. The smallest absolute Gasteiger partial charge is 0.136 e. The highest BCUT2D eigenvalue weighted by atomic mass is 35.5. The molecule has 0 saturated carbocycles. The molecule has 0 bridgehead atoms. The first kappa shape index (κ1) is 23.0. The molecule has 5 heteroatoms. The van der Waals surface area contributed by atoms with Crippen molar-refractivity contribution < 1.29 is 9.84 Å². The minimum atomic E-state index is -0.477. The van der Waals surface area contributed by atoms with Crippen LogP contribution in [0.5, 0.6) is 5.75 Å². The molecule has 0 spiro atoms.